The van der Waals surface area contributed by atoms with Crippen molar-refractivity contribution in [2.24, 2.45) is 5.92 Å². The number of ketones is 1. The summed E-state index contributed by atoms with van der Waals surface area (Å²) in [5, 5.41) is 5.15. The molecule has 0 aliphatic carbocycles. The molecule has 0 fully saturated rings. The molecule has 0 saturated heterocycles. The number of nitrogens with one attached hydrogen (secondary N) is 2. The van der Waals surface area contributed by atoms with E-state index in [9.17, 15) is 14.4 Å². The summed E-state index contributed by atoms with van der Waals surface area (Å²) < 4.78 is 6.03. The number of ether oxygens (including phenoxy) is 1. The van der Waals surface area contributed by atoms with Crippen LogP contribution in [0.2, 0.25) is 0 Å². The first kappa shape index (κ1) is 21.6. The van der Waals surface area contributed by atoms with Crippen LogP contribution < -0.4 is 10.6 Å². The monoisotopic (exact) mass is 446 g/mol. The Kier molecular flexibility index (Phi) is 8.19. The first-order valence-corrected chi connectivity index (χ1v) is 9.70. The lowest BCUT2D eigenvalue weighted by atomic mass is 10.0. The Morgan fingerprint density at radius 3 is 2.25 bits per heavy atom. The van der Waals surface area contributed by atoms with Crippen molar-refractivity contribution in [2.75, 3.05) is 6.54 Å². The van der Waals surface area contributed by atoms with Crippen LogP contribution in [-0.4, -0.2) is 30.4 Å². The maximum atomic E-state index is 12.4. The zero-order valence-corrected chi connectivity index (χ0v) is 17.4. The van der Waals surface area contributed by atoms with Gasteiger partial charge in [0.25, 0.3) is 0 Å². The fourth-order valence-electron chi connectivity index (χ4n) is 2.44. The average Bonchev–Trinajstić information content (AvgIpc) is 2.69. The number of alkyl carbamates (subject to hydrolysis) is 1. The number of Topliss-reactive ketones (excluding diaryl/α,β-unsaturated/α-hetero) is 1. The van der Waals surface area contributed by atoms with Gasteiger partial charge in [0.1, 0.15) is 12.6 Å². The first-order chi connectivity index (χ1) is 13.4. The summed E-state index contributed by atoms with van der Waals surface area (Å²) in [6.07, 6.45) is -0.683. The summed E-state index contributed by atoms with van der Waals surface area (Å²) in [6.45, 7) is 3.57. The van der Waals surface area contributed by atoms with Gasteiger partial charge in [0, 0.05) is 10.0 Å². The van der Waals surface area contributed by atoms with E-state index >= 15 is 0 Å². The second kappa shape index (κ2) is 10.6. The Labute approximate surface area is 172 Å². The van der Waals surface area contributed by atoms with Gasteiger partial charge in [-0.2, -0.15) is 0 Å². The number of rotatable bonds is 8. The van der Waals surface area contributed by atoms with E-state index in [-0.39, 0.29) is 24.9 Å². The molecule has 2 aromatic carbocycles. The van der Waals surface area contributed by atoms with Crippen LogP contribution in [0.15, 0.2) is 59.1 Å². The van der Waals surface area contributed by atoms with Gasteiger partial charge >= 0.3 is 6.09 Å². The third kappa shape index (κ3) is 6.81. The predicted octanol–water partition coefficient (Wildman–Crippen LogP) is 3.70. The van der Waals surface area contributed by atoms with E-state index in [1.807, 2.05) is 30.3 Å². The van der Waals surface area contributed by atoms with E-state index < -0.39 is 18.0 Å². The van der Waals surface area contributed by atoms with Gasteiger partial charge in [-0.15, -0.1) is 0 Å². The van der Waals surface area contributed by atoms with Crippen molar-refractivity contribution in [3.8, 4) is 0 Å². The fourth-order valence-corrected chi connectivity index (χ4v) is 2.71. The smallest absolute Gasteiger partial charge is 0.408 e. The van der Waals surface area contributed by atoms with Gasteiger partial charge in [-0.25, -0.2) is 4.79 Å². The molecule has 0 heterocycles. The van der Waals surface area contributed by atoms with E-state index in [4.69, 9.17) is 4.74 Å². The van der Waals surface area contributed by atoms with Gasteiger partial charge in [-0.3, -0.25) is 9.59 Å². The molecule has 148 valence electrons. The van der Waals surface area contributed by atoms with Gasteiger partial charge in [0.15, 0.2) is 5.78 Å². The van der Waals surface area contributed by atoms with Crippen molar-refractivity contribution >= 4 is 33.7 Å². The van der Waals surface area contributed by atoms with Gasteiger partial charge in [0.2, 0.25) is 5.91 Å². The third-order valence-corrected chi connectivity index (χ3v) is 4.55. The molecular formula is C21H23BrN2O4. The molecule has 0 aromatic heterocycles. The summed E-state index contributed by atoms with van der Waals surface area (Å²) in [5.74, 6) is -0.820. The summed E-state index contributed by atoms with van der Waals surface area (Å²) >= 11 is 3.31. The minimum absolute atomic E-state index is 0.112. The highest BCUT2D eigenvalue weighted by molar-refractivity contribution is 9.10. The molecule has 2 rings (SSSR count). The third-order valence-electron chi connectivity index (χ3n) is 4.02. The average molecular weight is 447 g/mol. The van der Waals surface area contributed by atoms with Crippen LogP contribution in [0.1, 0.15) is 29.8 Å². The minimum Gasteiger partial charge on any atom is -0.445 e. The van der Waals surface area contributed by atoms with Crippen molar-refractivity contribution in [1.82, 2.24) is 10.6 Å². The Balaban J connectivity index is 1.85. The lowest BCUT2D eigenvalue weighted by Crippen LogP contribution is -2.50. The Morgan fingerprint density at radius 2 is 1.64 bits per heavy atom. The number of carbonyl (C=O) groups is 3. The van der Waals surface area contributed by atoms with Gasteiger partial charge < -0.3 is 15.4 Å². The van der Waals surface area contributed by atoms with Crippen molar-refractivity contribution in [3.63, 3.8) is 0 Å². The molecule has 2 aromatic rings. The highest BCUT2D eigenvalue weighted by Gasteiger charge is 2.25. The topological polar surface area (TPSA) is 84.5 Å². The molecule has 0 saturated carbocycles. The molecule has 0 aliphatic heterocycles. The van der Waals surface area contributed by atoms with Crippen molar-refractivity contribution in [2.45, 2.75) is 26.5 Å². The highest BCUT2D eigenvalue weighted by atomic mass is 79.9. The Morgan fingerprint density at radius 1 is 1.00 bits per heavy atom. The maximum Gasteiger partial charge on any atom is 0.408 e. The Bertz CT molecular complexity index is 807. The number of halogens is 1. The van der Waals surface area contributed by atoms with Crippen LogP contribution in [0.25, 0.3) is 0 Å². The predicted molar refractivity (Wildman–Crippen MR) is 110 cm³/mol. The molecule has 28 heavy (non-hydrogen) atoms. The lowest BCUT2D eigenvalue weighted by molar-refractivity contribution is -0.123. The largest absolute Gasteiger partial charge is 0.445 e. The zero-order valence-electron chi connectivity index (χ0n) is 15.8. The summed E-state index contributed by atoms with van der Waals surface area (Å²) in [7, 11) is 0. The van der Waals surface area contributed by atoms with Crippen LogP contribution >= 0.6 is 15.9 Å². The second-order valence-electron chi connectivity index (χ2n) is 6.58. The molecular weight excluding hydrogens is 424 g/mol. The molecule has 6 nitrogen and oxygen atoms in total. The summed E-state index contributed by atoms with van der Waals surface area (Å²) in [4.78, 5) is 36.7. The molecule has 0 aliphatic rings. The van der Waals surface area contributed by atoms with Crippen molar-refractivity contribution < 1.29 is 19.1 Å². The second-order valence-corrected chi connectivity index (χ2v) is 7.49. The SMILES string of the molecule is CC(C)[C@H](NC(=O)OCc1ccccc1)C(=O)NCC(=O)c1ccc(Br)cc1. The number of carbonyl (C=O) groups excluding carboxylic acids is 3. The summed E-state index contributed by atoms with van der Waals surface area (Å²) in [5.41, 5.74) is 1.35. The molecule has 0 bridgehead atoms. The van der Waals surface area contributed by atoms with Crippen LogP contribution in [0, 0.1) is 5.92 Å². The van der Waals surface area contributed by atoms with Crippen molar-refractivity contribution in [3.05, 3.63) is 70.2 Å². The van der Waals surface area contributed by atoms with Crippen LogP contribution in [0.4, 0.5) is 4.79 Å². The first-order valence-electron chi connectivity index (χ1n) is 8.90. The van der Waals surface area contributed by atoms with Crippen molar-refractivity contribution in [1.29, 1.82) is 0 Å². The zero-order chi connectivity index (χ0) is 20.5. The number of hydrogen-bond acceptors (Lipinski definition) is 4. The van der Waals surface area contributed by atoms with Crippen LogP contribution in [-0.2, 0) is 16.1 Å². The van der Waals surface area contributed by atoms with E-state index in [0.29, 0.717) is 5.56 Å². The van der Waals surface area contributed by atoms with E-state index in [0.717, 1.165) is 10.0 Å². The minimum atomic E-state index is -0.805. The standard InChI is InChI=1S/C21H23BrN2O4/c1-14(2)19(24-21(27)28-13-15-6-4-3-5-7-15)20(26)23-12-18(25)16-8-10-17(22)11-9-16/h3-11,14,19H,12-13H2,1-2H3,(H,23,26)(H,24,27)/t19-/m0/s1. The van der Waals surface area contributed by atoms with Gasteiger partial charge in [-0.05, 0) is 23.6 Å². The molecule has 0 radical (unpaired) electrons. The molecule has 2 N–H and O–H groups in total. The maximum absolute atomic E-state index is 12.4. The molecule has 0 spiro atoms. The number of amides is 2. The quantitative estimate of drug-likeness (QED) is 0.605. The van der Waals surface area contributed by atoms with Gasteiger partial charge in [-0.1, -0.05) is 72.2 Å². The molecule has 1 atom stereocenters. The normalized spacial score (nSPS) is 11.6. The van der Waals surface area contributed by atoms with Gasteiger partial charge in [0.05, 0.1) is 6.54 Å². The molecule has 7 heteroatoms. The lowest BCUT2D eigenvalue weighted by Gasteiger charge is -2.21. The van der Waals surface area contributed by atoms with E-state index in [2.05, 4.69) is 26.6 Å². The van der Waals surface area contributed by atoms with E-state index in [1.165, 1.54) is 0 Å². The number of benzene rings is 2. The van der Waals surface area contributed by atoms with E-state index in [1.54, 1.807) is 38.1 Å². The van der Waals surface area contributed by atoms with Crippen LogP contribution in [0.3, 0.4) is 0 Å². The summed E-state index contributed by atoms with van der Waals surface area (Å²) in [6, 6.07) is 15.3. The Hall–Kier alpha value is -2.67. The molecule has 0 unspecified atom stereocenters. The fraction of sp³-hybridized carbons (Fsp3) is 0.286. The van der Waals surface area contributed by atoms with Crippen LogP contribution in [0.5, 0.6) is 0 Å². The molecule has 2 amide bonds. The number of hydrogen-bond donors (Lipinski definition) is 2. The highest BCUT2D eigenvalue weighted by Crippen LogP contribution is 2.11.